The van der Waals surface area contributed by atoms with Gasteiger partial charge in [-0.05, 0) is 18.4 Å². The number of aliphatic carboxylic acids is 1. The molecule has 0 aliphatic heterocycles. The van der Waals surface area contributed by atoms with Crippen LogP contribution in [0.15, 0.2) is 11.3 Å². The molecule has 0 radical (unpaired) electrons. The van der Waals surface area contributed by atoms with E-state index in [0.717, 1.165) is 6.42 Å². The summed E-state index contributed by atoms with van der Waals surface area (Å²) >= 11 is 0. The Labute approximate surface area is 66.4 Å². The second-order valence-electron chi connectivity index (χ2n) is 2.36. The average molecular weight is 158 g/mol. The molecule has 0 aliphatic carbocycles. The smallest absolute Gasteiger partial charge is 0.370 e. The van der Waals surface area contributed by atoms with Crippen LogP contribution in [-0.4, -0.2) is 16.2 Å². The van der Waals surface area contributed by atoms with Gasteiger partial charge in [-0.25, -0.2) is 4.79 Å². The first-order chi connectivity index (χ1) is 5.13. The molecule has 0 rings (SSSR count). The van der Waals surface area contributed by atoms with Crippen molar-refractivity contribution in [3.8, 4) is 0 Å². The topological polar surface area (TPSA) is 57.5 Å². The Balaban J connectivity index is 4.39. The van der Waals surface area contributed by atoms with Gasteiger partial charge in [0.2, 0.25) is 5.76 Å². The molecule has 0 aromatic carbocycles. The van der Waals surface area contributed by atoms with Gasteiger partial charge in [-0.1, -0.05) is 20.3 Å². The fourth-order valence-electron chi connectivity index (χ4n) is 0.916. The highest BCUT2D eigenvalue weighted by molar-refractivity contribution is 5.84. The van der Waals surface area contributed by atoms with Crippen LogP contribution in [0.2, 0.25) is 0 Å². The molecule has 2 N–H and O–H groups in total. The van der Waals surface area contributed by atoms with E-state index in [2.05, 4.69) is 0 Å². The molecule has 0 saturated heterocycles. The van der Waals surface area contributed by atoms with Crippen molar-refractivity contribution in [1.82, 2.24) is 0 Å². The summed E-state index contributed by atoms with van der Waals surface area (Å²) in [6, 6.07) is 0. The number of carbonyl (C=O) groups is 1. The third kappa shape index (κ3) is 3.07. The Bertz CT molecular complexity index is 170. The minimum Gasteiger partial charge on any atom is -0.502 e. The third-order valence-electron chi connectivity index (χ3n) is 1.52. The lowest BCUT2D eigenvalue weighted by Crippen LogP contribution is -2.03. The van der Waals surface area contributed by atoms with Gasteiger partial charge in [-0.15, -0.1) is 0 Å². The quantitative estimate of drug-likeness (QED) is 0.486. The Morgan fingerprint density at radius 3 is 2.09 bits per heavy atom. The zero-order valence-electron chi connectivity index (χ0n) is 6.92. The van der Waals surface area contributed by atoms with Gasteiger partial charge in [-0.2, -0.15) is 0 Å². The van der Waals surface area contributed by atoms with Crippen molar-refractivity contribution < 1.29 is 15.0 Å². The molecule has 0 unspecified atom stereocenters. The summed E-state index contributed by atoms with van der Waals surface area (Å²) in [4.78, 5) is 10.3. The number of carboxylic acid groups (broad SMARTS) is 1. The molecule has 0 atom stereocenters. The van der Waals surface area contributed by atoms with Crippen LogP contribution < -0.4 is 0 Å². The highest BCUT2D eigenvalue weighted by Gasteiger charge is 2.09. The molecule has 0 amide bonds. The van der Waals surface area contributed by atoms with E-state index in [1.807, 2.05) is 13.8 Å². The van der Waals surface area contributed by atoms with Gasteiger partial charge in [0, 0.05) is 0 Å². The van der Waals surface area contributed by atoms with E-state index in [4.69, 9.17) is 10.2 Å². The molecule has 64 valence electrons. The van der Waals surface area contributed by atoms with Crippen molar-refractivity contribution in [2.75, 3.05) is 0 Å². The van der Waals surface area contributed by atoms with Crippen LogP contribution in [0.25, 0.3) is 0 Å². The lowest BCUT2D eigenvalue weighted by Gasteiger charge is -2.02. The van der Waals surface area contributed by atoms with Gasteiger partial charge in [0.15, 0.2) is 0 Å². The van der Waals surface area contributed by atoms with Gasteiger partial charge in [0.05, 0.1) is 0 Å². The molecular weight excluding hydrogens is 144 g/mol. The molecule has 0 heterocycles. The Kier molecular flexibility index (Phi) is 4.34. The minimum atomic E-state index is -1.23. The lowest BCUT2D eigenvalue weighted by molar-refractivity contribution is -0.135. The molecule has 0 aromatic heterocycles. The van der Waals surface area contributed by atoms with Gasteiger partial charge in [-0.3, -0.25) is 0 Å². The van der Waals surface area contributed by atoms with Gasteiger partial charge in [0.1, 0.15) is 0 Å². The normalized spacial score (nSPS) is 12.5. The number of carboxylic acids is 1. The first kappa shape index (κ1) is 10.0. The van der Waals surface area contributed by atoms with Gasteiger partial charge in [0.25, 0.3) is 0 Å². The van der Waals surface area contributed by atoms with Crippen LogP contribution in [-0.2, 0) is 4.79 Å². The van der Waals surface area contributed by atoms with Crippen LogP contribution in [0.1, 0.15) is 33.1 Å². The number of rotatable bonds is 4. The Hall–Kier alpha value is -0.990. The molecule has 3 nitrogen and oxygen atoms in total. The zero-order valence-corrected chi connectivity index (χ0v) is 6.92. The highest BCUT2D eigenvalue weighted by Crippen LogP contribution is 2.12. The molecule has 0 aromatic rings. The second kappa shape index (κ2) is 4.77. The standard InChI is InChI=1S/C8H14O3/c1-3-5-6(4-2)7(9)8(10)11/h9H,3-5H2,1-2H3,(H,10,11)/b7-6-. The summed E-state index contributed by atoms with van der Waals surface area (Å²) in [7, 11) is 0. The number of hydrogen-bond donors (Lipinski definition) is 2. The zero-order chi connectivity index (χ0) is 8.85. The first-order valence-corrected chi connectivity index (χ1v) is 3.77. The molecular formula is C8H14O3. The van der Waals surface area contributed by atoms with E-state index < -0.39 is 11.7 Å². The van der Waals surface area contributed by atoms with E-state index in [0.29, 0.717) is 18.4 Å². The highest BCUT2D eigenvalue weighted by atomic mass is 16.4. The summed E-state index contributed by atoms with van der Waals surface area (Å²) in [5.74, 6) is -1.70. The number of aliphatic hydroxyl groups excluding tert-OH is 1. The minimum absolute atomic E-state index is 0.477. The third-order valence-corrected chi connectivity index (χ3v) is 1.52. The molecule has 3 heteroatoms. The van der Waals surface area contributed by atoms with Crippen molar-refractivity contribution in [1.29, 1.82) is 0 Å². The van der Waals surface area contributed by atoms with E-state index in [-0.39, 0.29) is 0 Å². The maximum atomic E-state index is 10.3. The molecule has 0 bridgehead atoms. The number of allylic oxidation sites excluding steroid dienone is 1. The summed E-state index contributed by atoms with van der Waals surface area (Å²) < 4.78 is 0. The largest absolute Gasteiger partial charge is 0.502 e. The molecule has 0 spiro atoms. The van der Waals surface area contributed by atoms with Crippen LogP contribution >= 0.6 is 0 Å². The van der Waals surface area contributed by atoms with E-state index in [1.54, 1.807) is 0 Å². The predicted octanol–water partition coefficient (Wildman–Crippen LogP) is 2.09. The number of aliphatic hydroxyl groups is 1. The lowest BCUT2D eigenvalue weighted by atomic mass is 10.1. The fraction of sp³-hybridized carbons (Fsp3) is 0.625. The maximum absolute atomic E-state index is 10.3. The van der Waals surface area contributed by atoms with Gasteiger partial charge >= 0.3 is 5.97 Å². The van der Waals surface area contributed by atoms with Crippen molar-refractivity contribution in [3.63, 3.8) is 0 Å². The molecule has 0 fully saturated rings. The van der Waals surface area contributed by atoms with E-state index in [9.17, 15) is 4.79 Å². The monoisotopic (exact) mass is 158 g/mol. The van der Waals surface area contributed by atoms with Crippen LogP contribution in [0.5, 0.6) is 0 Å². The summed E-state index contributed by atoms with van der Waals surface area (Å²) in [5.41, 5.74) is 0.625. The van der Waals surface area contributed by atoms with Crippen LogP contribution in [0.4, 0.5) is 0 Å². The predicted molar refractivity (Wildman–Crippen MR) is 42.5 cm³/mol. The van der Waals surface area contributed by atoms with Crippen molar-refractivity contribution in [2.24, 2.45) is 0 Å². The SMILES string of the molecule is CCC/C(CC)=C(\O)C(=O)O. The van der Waals surface area contributed by atoms with E-state index in [1.165, 1.54) is 0 Å². The van der Waals surface area contributed by atoms with Gasteiger partial charge < -0.3 is 10.2 Å². The van der Waals surface area contributed by atoms with Crippen molar-refractivity contribution in [3.05, 3.63) is 11.3 Å². The average Bonchev–Trinajstić information content (AvgIpc) is 1.98. The molecule has 0 saturated carbocycles. The Morgan fingerprint density at radius 1 is 1.27 bits per heavy atom. The van der Waals surface area contributed by atoms with Crippen LogP contribution in [0.3, 0.4) is 0 Å². The fourth-order valence-corrected chi connectivity index (χ4v) is 0.916. The maximum Gasteiger partial charge on any atom is 0.370 e. The molecule has 0 aliphatic rings. The Morgan fingerprint density at radius 2 is 1.82 bits per heavy atom. The second-order valence-corrected chi connectivity index (χ2v) is 2.36. The van der Waals surface area contributed by atoms with Crippen molar-refractivity contribution in [2.45, 2.75) is 33.1 Å². The summed E-state index contributed by atoms with van der Waals surface area (Å²) in [5, 5.41) is 17.4. The number of hydrogen-bond acceptors (Lipinski definition) is 2. The first-order valence-electron chi connectivity index (χ1n) is 3.77. The van der Waals surface area contributed by atoms with E-state index >= 15 is 0 Å². The van der Waals surface area contributed by atoms with Crippen LogP contribution in [0, 0.1) is 0 Å². The molecule has 11 heavy (non-hydrogen) atoms. The van der Waals surface area contributed by atoms with Crippen molar-refractivity contribution >= 4 is 5.97 Å². The summed E-state index contributed by atoms with van der Waals surface area (Å²) in [6.07, 6.45) is 2.13. The summed E-state index contributed by atoms with van der Waals surface area (Å²) in [6.45, 7) is 3.79.